The molecule has 0 spiro atoms. The molecule has 0 aliphatic carbocycles. The fourth-order valence-electron chi connectivity index (χ4n) is 3.13. The third kappa shape index (κ3) is 8.12. The molecule has 2 rings (SSSR count). The van der Waals surface area contributed by atoms with Crippen molar-refractivity contribution in [2.45, 2.75) is 45.8 Å². The highest BCUT2D eigenvalue weighted by Gasteiger charge is 2.30. The normalized spacial score (nSPS) is 13.2. The molecular weight excluding hydrogens is 574 g/mol. The number of benzene rings is 2. The van der Waals surface area contributed by atoms with Crippen LogP contribution in [0.2, 0.25) is 0 Å². The van der Waals surface area contributed by atoms with Crippen LogP contribution in [0.1, 0.15) is 32.8 Å². The van der Waals surface area contributed by atoms with Crippen LogP contribution < -0.4 is 9.62 Å². The molecule has 2 aromatic carbocycles. The molecular formula is C23H29Br2N3O4S. The van der Waals surface area contributed by atoms with Crippen molar-refractivity contribution in [3.63, 3.8) is 0 Å². The number of nitrogens with zero attached hydrogens (tertiary/aromatic N) is 2. The number of sulfonamides is 1. The van der Waals surface area contributed by atoms with E-state index in [0.717, 1.165) is 27.0 Å². The molecule has 1 N–H and O–H groups in total. The Bertz CT molecular complexity index is 1090. The molecule has 0 saturated carbocycles. The summed E-state index contributed by atoms with van der Waals surface area (Å²) in [6.45, 7) is 5.23. The molecule has 0 aliphatic rings. The summed E-state index contributed by atoms with van der Waals surface area (Å²) >= 11 is 6.77. The molecule has 180 valence electrons. The Hall–Kier alpha value is -1.91. The van der Waals surface area contributed by atoms with Crippen molar-refractivity contribution in [1.29, 1.82) is 0 Å². The molecule has 0 bridgehead atoms. The zero-order chi connectivity index (χ0) is 24.8. The number of anilines is 1. The number of rotatable bonds is 10. The maximum Gasteiger partial charge on any atom is 0.244 e. The summed E-state index contributed by atoms with van der Waals surface area (Å²) in [6, 6.07) is 13.3. The van der Waals surface area contributed by atoms with Crippen LogP contribution in [0, 0.1) is 0 Å². The van der Waals surface area contributed by atoms with E-state index in [0.29, 0.717) is 10.2 Å². The Morgan fingerprint density at radius 3 is 2.18 bits per heavy atom. The van der Waals surface area contributed by atoms with Crippen molar-refractivity contribution in [3.8, 4) is 0 Å². The Morgan fingerprint density at radius 2 is 1.64 bits per heavy atom. The van der Waals surface area contributed by atoms with E-state index in [-0.39, 0.29) is 18.5 Å². The molecule has 0 unspecified atom stereocenters. The number of hydrogen-bond acceptors (Lipinski definition) is 4. The van der Waals surface area contributed by atoms with Gasteiger partial charge in [0.05, 0.1) is 11.9 Å². The molecule has 0 aromatic heterocycles. The molecule has 0 radical (unpaired) electrons. The molecule has 2 aromatic rings. The van der Waals surface area contributed by atoms with Crippen LogP contribution in [-0.4, -0.2) is 50.0 Å². The van der Waals surface area contributed by atoms with Gasteiger partial charge in [-0.15, -0.1) is 0 Å². The van der Waals surface area contributed by atoms with Gasteiger partial charge in [-0.2, -0.15) is 0 Å². The second kappa shape index (κ2) is 12.0. The van der Waals surface area contributed by atoms with E-state index in [4.69, 9.17) is 0 Å². The number of hydrogen-bond donors (Lipinski definition) is 1. The zero-order valence-corrected chi connectivity index (χ0v) is 23.1. The van der Waals surface area contributed by atoms with Gasteiger partial charge in [-0.05, 0) is 56.2 Å². The average Bonchev–Trinajstić information content (AvgIpc) is 2.74. The lowest BCUT2D eigenvalue weighted by atomic mass is 10.1. The first-order valence-corrected chi connectivity index (χ1v) is 13.9. The Labute approximate surface area is 212 Å². The molecule has 33 heavy (non-hydrogen) atoms. The fourth-order valence-corrected chi connectivity index (χ4v) is 4.80. The summed E-state index contributed by atoms with van der Waals surface area (Å²) in [6.07, 6.45) is 1.81. The van der Waals surface area contributed by atoms with Gasteiger partial charge in [-0.25, -0.2) is 8.42 Å². The highest BCUT2D eigenvalue weighted by molar-refractivity contribution is 9.10. The molecule has 10 heteroatoms. The van der Waals surface area contributed by atoms with Crippen LogP contribution in [0.3, 0.4) is 0 Å². The molecule has 0 saturated heterocycles. The molecule has 7 nitrogen and oxygen atoms in total. The van der Waals surface area contributed by atoms with Gasteiger partial charge in [0.25, 0.3) is 0 Å². The first kappa shape index (κ1) is 27.3. The van der Waals surface area contributed by atoms with Gasteiger partial charge in [0.15, 0.2) is 0 Å². The van der Waals surface area contributed by atoms with Gasteiger partial charge in [0, 0.05) is 21.5 Å². The van der Waals surface area contributed by atoms with Crippen LogP contribution in [0.5, 0.6) is 0 Å². The molecule has 0 fully saturated rings. The van der Waals surface area contributed by atoms with Crippen LogP contribution in [0.25, 0.3) is 0 Å². The van der Waals surface area contributed by atoms with Crippen molar-refractivity contribution >= 4 is 59.4 Å². The average molecular weight is 603 g/mol. The third-order valence-electron chi connectivity index (χ3n) is 5.19. The largest absolute Gasteiger partial charge is 0.352 e. The van der Waals surface area contributed by atoms with E-state index in [1.54, 1.807) is 31.2 Å². The summed E-state index contributed by atoms with van der Waals surface area (Å²) in [5, 5.41) is 2.90. The highest BCUT2D eigenvalue weighted by Crippen LogP contribution is 2.23. The van der Waals surface area contributed by atoms with Crippen molar-refractivity contribution in [2.75, 3.05) is 17.1 Å². The lowest BCUT2D eigenvalue weighted by Gasteiger charge is -2.32. The van der Waals surface area contributed by atoms with Crippen LogP contribution >= 0.6 is 31.9 Å². The van der Waals surface area contributed by atoms with E-state index >= 15 is 0 Å². The number of halogens is 2. The van der Waals surface area contributed by atoms with Gasteiger partial charge in [0.2, 0.25) is 21.8 Å². The van der Waals surface area contributed by atoms with E-state index in [1.165, 1.54) is 4.90 Å². The number of carbonyl (C=O) groups is 2. The topological polar surface area (TPSA) is 86.8 Å². The van der Waals surface area contributed by atoms with E-state index in [2.05, 4.69) is 37.2 Å². The number of carbonyl (C=O) groups excluding carboxylic acids is 2. The van der Waals surface area contributed by atoms with Crippen LogP contribution in [-0.2, 0) is 26.2 Å². The van der Waals surface area contributed by atoms with E-state index < -0.39 is 28.5 Å². The summed E-state index contributed by atoms with van der Waals surface area (Å²) in [7, 11) is -3.75. The predicted octanol–water partition coefficient (Wildman–Crippen LogP) is 4.31. The third-order valence-corrected chi connectivity index (χ3v) is 7.31. The van der Waals surface area contributed by atoms with E-state index in [1.807, 2.05) is 38.1 Å². The van der Waals surface area contributed by atoms with Crippen molar-refractivity contribution in [2.24, 2.45) is 0 Å². The van der Waals surface area contributed by atoms with Gasteiger partial charge < -0.3 is 10.2 Å². The summed E-state index contributed by atoms with van der Waals surface area (Å²) in [5.41, 5.74) is 1.17. The van der Waals surface area contributed by atoms with Crippen molar-refractivity contribution in [3.05, 3.63) is 63.0 Å². The lowest BCUT2D eigenvalue weighted by molar-refractivity contribution is -0.139. The van der Waals surface area contributed by atoms with Crippen LogP contribution in [0.15, 0.2) is 57.5 Å². The minimum atomic E-state index is -3.75. The summed E-state index contributed by atoms with van der Waals surface area (Å²) in [5.74, 6) is -0.770. The van der Waals surface area contributed by atoms with Gasteiger partial charge >= 0.3 is 0 Å². The minimum absolute atomic E-state index is 0.0445. The summed E-state index contributed by atoms with van der Waals surface area (Å²) < 4.78 is 27.7. The van der Waals surface area contributed by atoms with Gasteiger partial charge in [-0.1, -0.05) is 57.0 Å². The first-order chi connectivity index (χ1) is 15.4. The number of amides is 2. The molecule has 2 atom stereocenters. The van der Waals surface area contributed by atoms with Crippen molar-refractivity contribution in [1.82, 2.24) is 10.2 Å². The van der Waals surface area contributed by atoms with Gasteiger partial charge in [0.1, 0.15) is 12.6 Å². The second-order valence-corrected chi connectivity index (χ2v) is 11.6. The number of nitrogens with one attached hydrogen (secondary N) is 1. The fraction of sp³-hybridized carbons (Fsp3) is 0.391. The molecule has 2 amide bonds. The van der Waals surface area contributed by atoms with E-state index in [9.17, 15) is 18.0 Å². The standard InChI is InChI=1S/C23H29Br2N3O4S/c1-5-16(2)26-23(30)17(3)27(14-18-8-6-9-19(24)12-18)22(29)15-28(33(4,31)32)21-11-7-10-20(25)13-21/h6-13,16-17H,5,14-15H2,1-4H3,(H,26,30)/t16-,17-/m0/s1. The first-order valence-electron chi connectivity index (χ1n) is 10.5. The summed E-state index contributed by atoms with van der Waals surface area (Å²) in [4.78, 5) is 27.7. The SMILES string of the molecule is CC[C@H](C)NC(=O)[C@H](C)N(Cc1cccc(Br)c1)C(=O)CN(c1cccc(Br)c1)S(C)(=O)=O. The molecule has 0 heterocycles. The smallest absolute Gasteiger partial charge is 0.244 e. The zero-order valence-electron chi connectivity index (χ0n) is 19.1. The Morgan fingerprint density at radius 1 is 1.03 bits per heavy atom. The monoisotopic (exact) mass is 601 g/mol. The minimum Gasteiger partial charge on any atom is -0.352 e. The predicted molar refractivity (Wildman–Crippen MR) is 138 cm³/mol. The Kier molecular flexibility index (Phi) is 9.93. The Balaban J connectivity index is 2.38. The quantitative estimate of drug-likeness (QED) is 0.439. The lowest BCUT2D eigenvalue weighted by Crippen LogP contribution is -2.52. The molecule has 0 aliphatic heterocycles. The maximum absolute atomic E-state index is 13.5. The maximum atomic E-state index is 13.5. The van der Waals surface area contributed by atoms with Crippen LogP contribution in [0.4, 0.5) is 5.69 Å². The highest BCUT2D eigenvalue weighted by atomic mass is 79.9. The second-order valence-electron chi connectivity index (χ2n) is 7.89. The van der Waals surface area contributed by atoms with Gasteiger partial charge in [-0.3, -0.25) is 13.9 Å². The van der Waals surface area contributed by atoms with Crippen molar-refractivity contribution < 1.29 is 18.0 Å².